The highest BCUT2D eigenvalue weighted by Gasteiger charge is 2.09. The lowest BCUT2D eigenvalue weighted by molar-refractivity contribution is -0.117. The van der Waals surface area contributed by atoms with E-state index in [9.17, 15) is 9.90 Å². The average Bonchev–Trinajstić information content (AvgIpc) is 2.86. The Balaban J connectivity index is 2.07. The summed E-state index contributed by atoms with van der Waals surface area (Å²) in [7, 11) is 1.51. The van der Waals surface area contributed by atoms with Crippen LogP contribution in [0.5, 0.6) is 0 Å². The number of nitrogens with zero attached hydrogens (tertiary/aromatic N) is 1. The molecule has 24 heavy (non-hydrogen) atoms. The normalized spacial score (nSPS) is 12.5. The molecular weight excluding hydrogens is 304 g/mol. The smallest absolute Gasteiger partial charge is 0.244 e. The maximum Gasteiger partial charge on any atom is 0.244 e. The molecule has 1 aromatic heterocycles. The molecule has 0 aliphatic rings. The van der Waals surface area contributed by atoms with Crippen LogP contribution in [0.3, 0.4) is 0 Å². The summed E-state index contributed by atoms with van der Waals surface area (Å²) < 4.78 is 6.97. The first-order valence-corrected chi connectivity index (χ1v) is 7.90. The SMILES string of the molecule is COCC(O)CNC(=O)/C=C/c1cc(C)n(-c2ccccc2)c1C. The summed E-state index contributed by atoms with van der Waals surface area (Å²) in [6, 6.07) is 12.1. The molecule has 1 aromatic carbocycles. The van der Waals surface area contributed by atoms with Crippen LogP contribution in [0.25, 0.3) is 11.8 Å². The summed E-state index contributed by atoms with van der Waals surface area (Å²) >= 11 is 0. The molecule has 2 rings (SSSR count). The summed E-state index contributed by atoms with van der Waals surface area (Å²) in [5, 5.41) is 12.2. The molecule has 1 heterocycles. The number of nitrogens with one attached hydrogen (secondary N) is 1. The van der Waals surface area contributed by atoms with Crippen molar-refractivity contribution in [2.24, 2.45) is 0 Å². The van der Waals surface area contributed by atoms with Crippen molar-refractivity contribution in [3.8, 4) is 5.69 Å². The van der Waals surface area contributed by atoms with Gasteiger partial charge >= 0.3 is 0 Å². The van der Waals surface area contributed by atoms with E-state index in [0.717, 1.165) is 22.6 Å². The second kappa shape index (κ2) is 8.47. The minimum absolute atomic E-state index is 0.167. The van der Waals surface area contributed by atoms with Crippen LogP contribution in [0.2, 0.25) is 0 Å². The Hall–Kier alpha value is -2.37. The highest BCUT2D eigenvalue weighted by Crippen LogP contribution is 2.21. The molecule has 0 fully saturated rings. The summed E-state index contributed by atoms with van der Waals surface area (Å²) in [6.45, 7) is 4.43. The Morgan fingerprint density at radius 3 is 2.71 bits per heavy atom. The monoisotopic (exact) mass is 328 g/mol. The summed E-state index contributed by atoms with van der Waals surface area (Å²) in [5.41, 5.74) is 4.26. The molecule has 1 unspecified atom stereocenters. The minimum Gasteiger partial charge on any atom is -0.389 e. The number of benzene rings is 1. The van der Waals surface area contributed by atoms with E-state index in [1.54, 1.807) is 6.08 Å². The summed E-state index contributed by atoms with van der Waals surface area (Å²) in [6.07, 6.45) is 2.58. The highest BCUT2D eigenvalue weighted by molar-refractivity contribution is 5.91. The van der Waals surface area contributed by atoms with Gasteiger partial charge in [0.2, 0.25) is 5.91 Å². The zero-order valence-corrected chi connectivity index (χ0v) is 14.3. The van der Waals surface area contributed by atoms with E-state index in [0.29, 0.717) is 0 Å². The van der Waals surface area contributed by atoms with Gasteiger partial charge in [0.25, 0.3) is 0 Å². The van der Waals surface area contributed by atoms with E-state index < -0.39 is 6.10 Å². The molecule has 128 valence electrons. The van der Waals surface area contributed by atoms with Gasteiger partial charge in [0.05, 0.1) is 12.7 Å². The van der Waals surface area contributed by atoms with Gasteiger partial charge in [-0.3, -0.25) is 4.79 Å². The Morgan fingerprint density at radius 1 is 1.33 bits per heavy atom. The number of aliphatic hydroxyl groups is 1. The van der Waals surface area contributed by atoms with Crippen molar-refractivity contribution in [3.05, 3.63) is 59.4 Å². The van der Waals surface area contributed by atoms with Gasteiger partial charge in [-0.15, -0.1) is 0 Å². The van der Waals surface area contributed by atoms with Crippen molar-refractivity contribution < 1.29 is 14.6 Å². The zero-order valence-electron chi connectivity index (χ0n) is 14.3. The molecule has 1 amide bonds. The molecule has 5 nitrogen and oxygen atoms in total. The minimum atomic E-state index is -0.699. The molecule has 1 atom stereocenters. The van der Waals surface area contributed by atoms with Crippen LogP contribution in [0.1, 0.15) is 17.0 Å². The van der Waals surface area contributed by atoms with Crippen molar-refractivity contribution in [3.63, 3.8) is 0 Å². The first kappa shape index (κ1) is 18.0. The van der Waals surface area contributed by atoms with Crippen LogP contribution in [0.4, 0.5) is 0 Å². The van der Waals surface area contributed by atoms with E-state index in [1.165, 1.54) is 13.2 Å². The van der Waals surface area contributed by atoms with Crippen LogP contribution in [0, 0.1) is 13.8 Å². The van der Waals surface area contributed by atoms with Gasteiger partial charge in [0, 0.05) is 36.8 Å². The molecule has 0 radical (unpaired) electrons. The number of aromatic nitrogens is 1. The van der Waals surface area contributed by atoms with Crippen molar-refractivity contribution in [1.82, 2.24) is 9.88 Å². The predicted octanol–water partition coefficient (Wildman–Crippen LogP) is 2.23. The van der Waals surface area contributed by atoms with E-state index in [-0.39, 0.29) is 19.1 Å². The van der Waals surface area contributed by atoms with E-state index in [2.05, 4.69) is 22.0 Å². The predicted molar refractivity (Wildman–Crippen MR) is 95.2 cm³/mol. The largest absolute Gasteiger partial charge is 0.389 e. The van der Waals surface area contributed by atoms with E-state index in [1.807, 2.05) is 38.1 Å². The summed E-state index contributed by atoms with van der Waals surface area (Å²) in [5.74, 6) is -0.241. The fraction of sp³-hybridized carbons (Fsp3) is 0.316. The number of amides is 1. The maximum absolute atomic E-state index is 11.8. The number of para-hydroxylation sites is 1. The van der Waals surface area contributed by atoms with Crippen molar-refractivity contribution >= 4 is 12.0 Å². The quantitative estimate of drug-likeness (QED) is 0.766. The first-order chi connectivity index (χ1) is 11.5. The van der Waals surface area contributed by atoms with Crippen LogP contribution in [-0.4, -0.2) is 41.9 Å². The van der Waals surface area contributed by atoms with Gasteiger partial charge in [0.1, 0.15) is 0 Å². The number of hydrogen-bond acceptors (Lipinski definition) is 3. The molecule has 0 aliphatic heterocycles. The number of aliphatic hydroxyl groups excluding tert-OH is 1. The molecule has 0 saturated carbocycles. The molecule has 0 aliphatic carbocycles. The van der Waals surface area contributed by atoms with Crippen molar-refractivity contribution in [2.75, 3.05) is 20.3 Å². The molecule has 0 saturated heterocycles. The number of carbonyl (C=O) groups excluding carboxylic acids is 1. The zero-order chi connectivity index (χ0) is 17.5. The number of rotatable bonds is 7. The van der Waals surface area contributed by atoms with E-state index in [4.69, 9.17) is 4.74 Å². The lowest BCUT2D eigenvalue weighted by Crippen LogP contribution is -2.33. The average molecular weight is 328 g/mol. The Kier molecular flexibility index (Phi) is 6.35. The lowest BCUT2D eigenvalue weighted by atomic mass is 10.2. The molecule has 2 N–H and O–H groups in total. The van der Waals surface area contributed by atoms with Gasteiger partial charge in [-0.05, 0) is 43.7 Å². The van der Waals surface area contributed by atoms with Crippen LogP contribution in [-0.2, 0) is 9.53 Å². The van der Waals surface area contributed by atoms with Crippen molar-refractivity contribution in [1.29, 1.82) is 0 Å². The topological polar surface area (TPSA) is 63.5 Å². The van der Waals surface area contributed by atoms with Gasteiger partial charge in [-0.2, -0.15) is 0 Å². The van der Waals surface area contributed by atoms with E-state index >= 15 is 0 Å². The number of hydrogen-bond donors (Lipinski definition) is 2. The number of aryl methyl sites for hydroxylation is 1. The Labute approximate surface area is 142 Å². The van der Waals surface area contributed by atoms with Crippen LogP contribution < -0.4 is 5.32 Å². The molecule has 2 aromatic rings. The third-order valence-electron chi connectivity index (χ3n) is 3.77. The molecule has 0 bridgehead atoms. The summed E-state index contributed by atoms with van der Waals surface area (Å²) in [4.78, 5) is 11.8. The third kappa shape index (κ3) is 4.57. The van der Waals surface area contributed by atoms with Gasteiger partial charge < -0.3 is 19.7 Å². The second-order valence-electron chi connectivity index (χ2n) is 5.69. The van der Waals surface area contributed by atoms with Gasteiger partial charge in [0.15, 0.2) is 0 Å². The first-order valence-electron chi connectivity index (χ1n) is 7.90. The fourth-order valence-electron chi connectivity index (χ4n) is 2.62. The van der Waals surface area contributed by atoms with Gasteiger partial charge in [-0.1, -0.05) is 18.2 Å². The maximum atomic E-state index is 11.8. The highest BCUT2D eigenvalue weighted by atomic mass is 16.5. The van der Waals surface area contributed by atoms with Crippen LogP contribution >= 0.6 is 0 Å². The standard InChI is InChI=1S/C19H24N2O3/c1-14-11-16(9-10-19(23)20-12-18(22)13-24-3)15(2)21(14)17-7-5-4-6-8-17/h4-11,18,22H,12-13H2,1-3H3,(H,20,23)/b10-9+. The lowest BCUT2D eigenvalue weighted by Gasteiger charge is -2.09. The molecular formula is C19H24N2O3. The van der Waals surface area contributed by atoms with Gasteiger partial charge in [-0.25, -0.2) is 0 Å². The van der Waals surface area contributed by atoms with Crippen molar-refractivity contribution in [2.45, 2.75) is 20.0 Å². The second-order valence-corrected chi connectivity index (χ2v) is 5.69. The molecule has 5 heteroatoms. The third-order valence-corrected chi connectivity index (χ3v) is 3.77. The molecule has 0 spiro atoms. The Morgan fingerprint density at radius 2 is 2.04 bits per heavy atom. The Bertz CT molecular complexity index is 705. The fourth-order valence-corrected chi connectivity index (χ4v) is 2.62. The van der Waals surface area contributed by atoms with Crippen LogP contribution in [0.15, 0.2) is 42.5 Å². The number of methoxy groups -OCH3 is 1. The number of carbonyl (C=O) groups is 1. The number of ether oxygens (including phenoxy) is 1.